The van der Waals surface area contributed by atoms with Crippen molar-refractivity contribution in [3.05, 3.63) is 41.0 Å². The number of piperidine rings is 1. The van der Waals surface area contributed by atoms with Gasteiger partial charge in [0.2, 0.25) is 5.91 Å². The molecule has 0 spiro atoms. The molecule has 0 radical (unpaired) electrons. The van der Waals surface area contributed by atoms with E-state index in [-0.39, 0.29) is 23.4 Å². The summed E-state index contributed by atoms with van der Waals surface area (Å²) in [5.74, 6) is 2.53. The van der Waals surface area contributed by atoms with E-state index >= 15 is 0 Å². The molecule has 3 saturated carbocycles. The summed E-state index contributed by atoms with van der Waals surface area (Å²) in [6.07, 6.45) is 10.4. The molecule has 2 aliphatic heterocycles. The summed E-state index contributed by atoms with van der Waals surface area (Å²) < 4.78 is 5.63. The molecule has 7 rings (SSSR count). The van der Waals surface area contributed by atoms with Crippen LogP contribution in [0.2, 0.25) is 0 Å². The first-order valence-electron chi connectivity index (χ1n) is 12.7. The quantitative estimate of drug-likeness (QED) is 0.774. The van der Waals surface area contributed by atoms with Gasteiger partial charge in [0.25, 0.3) is 0 Å². The molecule has 2 bridgehead atoms. The molecule has 4 atom stereocenters. The first-order chi connectivity index (χ1) is 15.5. The molecule has 1 N–H and O–H groups in total. The van der Waals surface area contributed by atoms with Crippen molar-refractivity contribution in [1.82, 2.24) is 9.80 Å². The minimum absolute atomic E-state index is 0.132. The van der Waals surface area contributed by atoms with E-state index in [1.807, 2.05) is 6.08 Å². The maximum Gasteiger partial charge on any atom is 0.247 e. The highest BCUT2D eigenvalue weighted by Gasteiger charge is 2.67. The molecule has 4 aliphatic carbocycles. The summed E-state index contributed by atoms with van der Waals surface area (Å²) in [4.78, 5) is 17.7. The van der Waals surface area contributed by atoms with Gasteiger partial charge in [0, 0.05) is 37.0 Å². The number of methoxy groups -OCH3 is 1. The lowest BCUT2D eigenvalue weighted by molar-refractivity contribution is -0.165. The van der Waals surface area contributed by atoms with Gasteiger partial charge in [-0.3, -0.25) is 9.69 Å². The minimum Gasteiger partial charge on any atom is -0.497 e. The van der Waals surface area contributed by atoms with Gasteiger partial charge in [0.1, 0.15) is 5.75 Å². The van der Waals surface area contributed by atoms with Crippen LogP contribution >= 0.6 is 0 Å². The summed E-state index contributed by atoms with van der Waals surface area (Å²) in [6, 6.07) is 6.79. The van der Waals surface area contributed by atoms with Crippen molar-refractivity contribution in [2.75, 3.05) is 26.7 Å². The van der Waals surface area contributed by atoms with Crippen molar-refractivity contribution >= 4 is 5.91 Å². The summed E-state index contributed by atoms with van der Waals surface area (Å²) in [7, 11) is 1.73. The van der Waals surface area contributed by atoms with Gasteiger partial charge in [-0.05, 0) is 92.2 Å². The van der Waals surface area contributed by atoms with Crippen molar-refractivity contribution in [3.8, 4) is 5.75 Å². The Bertz CT molecular complexity index is 1010. The Morgan fingerprint density at radius 1 is 1.16 bits per heavy atom. The van der Waals surface area contributed by atoms with Gasteiger partial charge in [-0.2, -0.15) is 0 Å². The average molecular weight is 435 g/mol. The van der Waals surface area contributed by atoms with Gasteiger partial charge >= 0.3 is 0 Å². The first-order valence-corrected chi connectivity index (χ1v) is 12.7. The van der Waals surface area contributed by atoms with Crippen LogP contribution < -0.4 is 4.74 Å². The van der Waals surface area contributed by atoms with E-state index in [1.54, 1.807) is 7.11 Å². The smallest absolute Gasteiger partial charge is 0.247 e. The van der Waals surface area contributed by atoms with E-state index in [0.29, 0.717) is 12.3 Å². The summed E-state index contributed by atoms with van der Waals surface area (Å²) >= 11 is 0. The Morgan fingerprint density at radius 2 is 1.94 bits per heavy atom. The van der Waals surface area contributed by atoms with Crippen LogP contribution in [-0.2, 0) is 16.6 Å². The molecular formula is C27H34N2O3. The lowest BCUT2D eigenvalue weighted by atomic mass is 9.48. The normalized spacial score (nSPS) is 38.1. The second-order valence-corrected chi connectivity index (χ2v) is 11.5. The number of nitrogens with zero attached hydrogens (tertiary/aromatic N) is 2. The van der Waals surface area contributed by atoms with Gasteiger partial charge in [0.15, 0.2) is 0 Å². The highest BCUT2D eigenvalue weighted by Crippen LogP contribution is 2.61. The second-order valence-electron chi connectivity index (χ2n) is 11.5. The van der Waals surface area contributed by atoms with Gasteiger partial charge < -0.3 is 14.7 Å². The lowest BCUT2D eigenvalue weighted by Crippen LogP contribution is -2.74. The molecule has 6 aliphatic rings. The molecule has 1 saturated heterocycles. The zero-order chi connectivity index (χ0) is 21.7. The number of carbonyl (C=O) groups excluding carboxylic acids is 1. The predicted molar refractivity (Wildman–Crippen MR) is 122 cm³/mol. The van der Waals surface area contributed by atoms with Crippen LogP contribution in [0.1, 0.15) is 56.1 Å². The number of amides is 1. The van der Waals surface area contributed by atoms with Gasteiger partial charge in [-0.25, -0.2) is 0 Å². The van der Waals surface area contributed by atoms with E-state index in [2.05, 4.69) is 28.0 Å². The summed E-state index contributed by atoms with van der Waals surface area (Å²) in [5, 5.41) is 12.6. The number of aliphatic hydroxyl groups is 1. The Morgan fingerprint density at radius 3 is 2.69 bits per heavy atom. The average Bonchev–Trinajstić information content (AvgIpc) is 3.69. The molecule has 1 amide bonds. The van der Waals surface area contributed by atoms with Crippen molar-refractivity contribution < 1.29 is 14.6 Å². The van der Waals surface area contributed by atoms with Crippen LogP contribution in [0.3, 0.4) is 0 Å². The molecule has 32 heavy (non-hydrogen) atoms. The van der Waals surface area contributed by atoms with E-state index in [0.717, 1.165) is 50.6 Å². The summed E-state index contributed by atoms with van der Waals surface area (Å²) in [6.45, 7) is 3.05. The SMILES string of the molecule is COc1ccc2c(c1)[C@]13CCN(CC4CC4)[C@H](C2)[C@]1(O)CC1=CC(=O)N(CC2CC2)[C@H]1C3. The minimum atomic E-state index is -0.822. The van der Waals surface area contributed by atoms with Gasteiger partial charge in [-0.1, -0.05) is 6.07 Å². The maximum atomic E-state index is 13.0. The van der Waals surface area contributed by atoms with E-state index < -0.39 is 5.60 Å². The lowest BCUT2D eigenvalue weighted by Gasteiger charge is -2.65. The number of likely N-dealkylation sites (tertiary alicyclic amines) is 1. The van der Waals surface area contributed by atoms with Crippen LogP contribution in [0.15, 0.2) is 29.8 Å². The molecular weight excluding hydrogens is 400 g/mol. The highest BCUT2D eigenvalue weighted by molar-refractivity contribution is 5.92. The fraction of sp³-hybridized carbons (Fsp3) is 0.667. The fourth-order valence-electron chi connectivity index (χ4n) is 7.57. The van der Waals surface area contributed by atoms with E-state index in [4.69, 9.17) is 4.74 Å². The van der Waals surface area contributed by atoms with Crippen molar-refractivity contribution in [1.29, 1.82) is 0 Å². The van der Waals surface area contributed by atoms with Crippen LogP contribution in [0.4, 0.5) is 0 Å². The number of hydrogen-bond acceptors (Lipinski definition) is 4. The Kier molecular flexibility index (Phi) is 4.04. The standard InChI is InChI=1S/C27H34N2O3/c1-32-21-7-6-19-10-24-27(31)13-20-11-25(30)29(16-18-4-5-18)23(20)14-26(27,22(19)12-21)8-9-28(24)15-17-2-3-17/h6-7,11-12,17-18,23-24,31H,2-5,8-10,13-16H2,1H3/t23-,24+,26+,27+/m0/s1. The molecule has 1 aromatic carbocycles. The van der Waals surface area contributed by atoms with Crippen LogP contribution in [0.25, 0.3) is 0 Å². The number of ether oxygens (including phenoxy) is 1. The number of carbonyl (C=O) groups is 1. The Labute approximate surface area is 190 Å². The third kappa shape index (κ3) is 2.67. The highest BCUT2D eigenvalue weighted by atomic mass is 16.5. The third-order valence-electron chi connectivity index (χ3n) is 9.65. The Hall–Kier alpha value is -1.85. The predicted octanol–water partition coefficient (Wildman–Crippen LogP) is 3.05. The van der Waals surface area contributed by atoms with Crippen LogP contribution in [0, 0.1) is 11.8 Å². The number of benzene rings is 1. The van der Waals surface area contributed by atoms with Crippen LogP contribution in [-0.4, -0.2) is 65.2 Å². The number of fused-ring (bicyclic) bond motifs is 2. The number of rotatable bonds is 5. The molecule has 170 valence electrons. The van der Waals surface area contributed by atoms with E-state index in [1.165, 1.54) is 42.4 Å². The molecule has 5 heteroatoms. The van der Waals surface area contributed by atoms with Crippen LogP contribution in [0.5, 0.6) is 5.75 Å². The van der Waals surface area contributed by atoms with Gasteiger partial charge in [0.05, 0.1) is 18.8 Å². The second kappa shape index (κ2) is 6.60. The first kappa shape index (κ1) is 19.6. The van der Waals surface area contributed by atoms with Crippen molar-refractivity contribution in [3.63, 3.8) is 0 Å². The Balaban J connectivity index is 1.34. The zero-order valence-electron chi connectivity index (χ0n) is 19.1. The third-order valence-corrected chi connectivity index (χ3v) is 9.65. The molecule has 0 unspecified atom stereocenters. The van der Waals surface area contributed by atoms with Crippen molar-refractivity contribution in [2.45, 2.75) is 74.5 Å². The van der Waals surface area contributed by atoms with Gasteiger partial charge in [-0.15, -0.1) is 0 Å². The maximum absolute atomic E-state index is 13.0. The zero-order valence-corrected chi connectivity index (χ0v) is 19.1. The van der Waals surface area contributed by atoms with E-state index in [9.17, 15) is 9.90 Å². The topological polar surface area (TPSA) is 53.0 Å². The number of hydrogen-bond donors (Lipinski definition) is 1. The molecule has 0 aromatic heterocycles. The molecule has 5 nitrogen and oxygen atoms in total. The molecule has 4 fully saturated rings. The fourth-order valence-corrected chi connectivity index (χ4v) is 7.57. The molecule has 1 aromatic rings. The monoisotopic (exact) mass is 434 g/mol. The summed E-state index contributed by atoms with van der Waals surface area (Å²) in [5.41, 5.74) is 2.70. The largest absolute Gasteiger partial charge is 0.497 e. The van der Waals surface area contributed by atoms with Crippen molar-refractivity contribution in [2.24, 2.45) is 11.8 Å². The molecule has 2 heterocycles.